The van der Waals surface area contributed by atoms with Crippen LogP contribution in [0.4, 0.5) is 5.69 Å². The molecule has 2 aromatic carbocycles. The molecule has 0 saturated carbocycles. The minimum atomic E-state index is -3.84. The molecule has 7 nitrogen and oxygen atoms in total. The molecule has 0 saturated heterocycles. The van der Waals surface area contributed by atoms with Gasteiger partial charge in [-0.2, -0.15) is 0 Å². The van der Waals surface area contributed by atoms with Gasteiger partial charge in [0.1, 0.15) is 13.2 Å². The number of aryl methyl sites for hydroxylation is 2. The fourth-order valence-electron chi connectivity index (χ4n) is 2.69. The minimum absolute atomic E-state index is 0.0148. The summed E-state index contributed by atoms with van der Waals surface area (Å²) in [4.78, 5) is 12.1. The molecule has 0 atom stereocenters. The number of benzene rings is 2. The molecule has 0 spiro atoms. The van der Waals surface area contributed by atoms with Gasteiger partial charge in [-0.3, -0.25) is 4.79 Å². The van der Waals surface area contributed by atoms with E-state index in [4.69, 9.17) is 9.47 Å². The van der Waals surface area contributed by atoms with Gasteiger partial charge in [0.05, 0.1) is 11.4 Å². The number of carbonyl (C=O) groups excluding carboxylic acids is 1. The van der Waals surface area contributed by atoms with Crippen LogP contribution in [-0.4, -0.2) is 34.1 Å². The second-order valence-corrected chi connectivity index (χ2v) is 7.82. The van der Waals surface area contributed by atoms with E-state index in [1.54, 1.807) is 6.07 Å². The number of rotatable bonds is 5. The largest absolute Gasteiger partial charge is 0.486 e. The molecular formula is C18H20N2O5S. The van der Waals surface area contributed by atoms with Crippen LogP contribution in [0, 0.1) is 13.8 Å². The average Bonchev–Trinajstić information content (AvgIpc) is 2.59. The van der Waals surface area contributed by atoms with Crippen LogP contribution in [-0.2, 0) is 14.8 Å². The zero-order valence-corrected chi connectivity index (χ0v) is 15.4. The Hall–Kier alpha value is -2.58. The molecule has 3 rings (SSSR count). The molecule has 2 N–H and O–H groups in total. The molecule has 8 heteroatoms. The predicted octanol–water partition coefficient (Wildman–Crippen LogP) is 1.99. The first-order valence-electron chi connectivity index (χ1n) is 8.11. The summed E-state index contributed by atoms with van der Waals surface area (Å²) in [5.41, 5.74) is 2.65. The summed E-state index contributed by atoms with van der Waals surface area (Å²) in [7, 11) is -3.84. The smallest absolute Gasteiger partial charge is 0.241 e. The van der Waals surface area contributed by atoms with Crippen molar-refractivity contribution in [3.05, 3.63) is 47.5 Å². The third kappa shape index (κ3) is 4.33. The highest BCUT2D eigenvalue weighted by Gasteiger charge is 2.20. The van der Waals surface area contributed by atoms with Gasteiger partial charge in [-0.05, 0) is 49.2 Å². The Balaban J connectivity index is 1.65. The van der Waals surface area contributed by atoms with Crippen LogP contribution >= 0.6 is 0 Å². The van der Waals surface area contributed by atoms with E-state index in [2.05, 4.69) is 10.0 Å². The summed E-state index contributed by atoms with van der Waals surface area (Å²) in [5, 5.41) is 2.69. The van der Waals surface area contributed by atoms with Crippen LogP contribution in [0.1, 0.15) is 11.1 Å². The Bertz CT molecular complexity index is 920. The third-order valence-electron chi connectivity index (χ3n) is 3.75. The van der Waals surface area contributed by atoms with Crippen LogP contribution in [0.3, 0.4) is 0 Å². The van der Waals surface area contributed by atoms with Crippen molar-refractivity contribution in [2.24, 2.45) is 0 Å². The molecule has 0 aromatic heterocycles. The van der Waals surface area contributed by atoms with Crippen LogP contribution in [0.2, 0.25) is 0 Å². The van der Waals surface area contributed by atoms with Crippen molar-refractivity contribution in [3.63, 3.8) is 0 Å². The lowest BCUT2D eigenvalue weighted by Crippen LogP contribution is -2.33. The highest BCUT2D eigenvalue weighted by atomic mass is 32.2. The van der Waals surface area contributed by atoms with Gasteiger partial charge in [-0.25, -0.2) is 13.1 Å². The summed E-state index contributed by atoms with van der Waals surface area (Å²) < 4.78 is 37.8. The second-order valence-electron chi connectivity index (χ2n) is 6.05. The molecule has 2 aromatic rings. The average molecular weight is 376 g/mol. The van der Waals surface area contributed by atoms with Crippen molar-refractivity contribution in [3.8, 4) is 11.5 Å². The number of nitrogens with one attached hydrogen (secondary N) is 2. The summed E-state index contributed by atoms with van der Waals surface area (Å²) in [6, 6.07) is 9.97. The first-order valence-corrected chi connectivity index (χ1v) is 9.59. The van der Waals surface area contributed by atoms with Crippen LogP contribution in [0.25, 0.3) is 0 Å². The van der Waals surface area contributed by atoms with Crippen molar-refractivity contribution in [2.75, 3.05) is 25.1 Å². The Morgan fingerprint density at radius 3 is 2.35 bits per heavy atom. The van der Waals surface area contributed by atoms with Crippen LogP contribution in [0.15, 0.2) is 41.3 Å². The van der Waals surface area contributed by atoms with Gasteiger partial charge in [0.15, 0.2) is 11.5 Å². The predicted molar refractivity (Wildman–Crippen MR) is 97.2 cm³/mol. The van der Waals surface area contributed by atoms with Gasteiger partial charge in [0.25, 0.3) is 0 Å². The number of amides is 1. The SMILES string of the molecule is Cc1cc(C)cc(NC(=O)CNS(=O)(=O)c2ccc3c(c2)OCCO3)c1. The van der Waals surface area contributed by atoms with Gasteiger partial charge in [-0.1, -0.05) is 6.07 Å². The maximum absolute atomic E-state index is 12.4. The Kier molecular flexibility index (Phi) is 5.15. The third-order valence-corrected chi connectivity index (χ3v) is 5.15. The lowest BCUT2D eigenvalue weighted by atomic mass is 10.1. The van der Waals surface area contributed by atoms with E-state index in [1.165, 1.54) is 12.1 Å². The maximum Gasteiger partial charge on any atom is 0.241 e. The zero-order chi connectivity index (χ0) is 18.7. The van der Waals surface area contributed by atoms with E-state index >= 15 is 0 Å². The fraction of sp³-hybridized carbons (Fsp3) is 0.278. The van der Waals surface area contributed by atoms with Gasteiger partial charge >= 0.3 is 0 Å². The van der Waals surface area contributed by atoms with Gasteiger partial charge < -0.3 is 14.8 Å². The van der Waals surface area contributed by atoms with Crippen molar-refractivity contribution in [2.45, 2.75) is 18.7 Å². The number of sulfonamides is 1. The number of hydrogen-bond acceptors (Lipinski definition) is 5. The summed E-state index contributed by atoms with van der Waals surface area (Å²) >= 11 is 0. The molecule has 1 heterocycles. The van der Waals surface area contributed by atoms with E-state index in [-0.39, 0.29) is 11.4 Å². The highest BCUT2D eigenvalue weighted by molar-refractivity contribution is 7.89. The molecule has 26 heavy (non-hydrogen) atoms. The standard InChI is InChI=1S/C18H20N2O5S/c1-12-7-13(2)9-14(8-12)20-18(21)11-19-26(22,23)15-3-4-16-17(10-15)25-6-5-24-16/h3-4,7-10,19H,5-6,11H2,1-2H3,(H,20,21). The Morgan fingerprint density at radius 2 is 1.65 bits per heavy atom. The fourth-order valence-corrected chi connectivity index (χ4v) is 3.68. The maximum atomic E-state index is 12.4. The van der Waals surface area contributed by atoms with Gasteiger partial charge in [0.2, 0.25) is 15.9 Å². The molecule has 0 unspecified atom stereocenters. The molecular weight excluding hydrogens is 356 g/mol. The Labute approximate surface area is 152 Å². The zero-order valence-electron chi connectivity index (χ0n) is 14.5. The number of carbonyl (C=O) groups is 1. The van der Waals surface area contributed by atoms with Crippen molar-refractivity contribution in [1.82, 2.24) is 4.72 Å². The lowest BCUT2D eigenvalue weighted by molar-refractivity contribution is -0.115. The summed E-state index contributed by atoms with van der Waals surface area (Å²) in [6.45, 7) is 4.27. The van der Waals surface area contributed by atoms with Crippen molar-refractivity contribution < 1.29 is 22.7 Å². The molecule has 1 aliphatic rings. The number of anilines is 1. The molecule has 138 valence electrons. The second kappa shape index (κ2) is 7.35. The van der Waals surface area contributed by atoms with Crippen molar-refractivity contribution >= 4 is 21.6 Å². The molecule has 0 radical (unpaired) electrons. The molecule has 0 fully saturated rings. The molecule has 0 bridgehead atoms. The molecule has 0 aliphatic carbocycles. The number of ether oxygens (including phenoxy) is 2. The lowest BCUT2D eigenvalue weighted by Gasteiger charge is -2.18. The topological polar surface area (TPSA) is 93.7 Å². The van der Waals surface area contributed by atoms with E-state index in [0.717, 1.165) is 11.1 Å². The van der Waals surface area contributed by atoms with Gasteiger partial charge in [-0.15, -0.1) is 0 Å². The summed E-state index contributed by atoms with van der Waals surface area (Å²) in [5.74, 6) is 0.428. The minimum Gasteiger partial charge on any atom is -0.486 e. The number of hydrogen-bond donors (Lipinski definition) is 2. The molecule has 1 aliphatic heterocycles. The first-order chi connectivity index (χ1) is 12.3. The van der Waals surface area contributed by atoms with Crippen molar-refractivity contribution in [1.29, 1.82) is 0 Å². The highest BCUT2D eigenvalue weighted by Crippen LogP contribution is 2.32. The Morgan fingerprint density at radius 1 is 1.00 bits per heavy atom. The van der Waals surface area contributed by atoms with E-state index in [9.17, 15) is 13.2 Å². The van der Waals surface area contributed by atoms with Gasteiger partial charge in [0, 0.05) is 11.8 Å². The van der Waals surface area contributed by atoms with Crippen LogP contribution in [0.5, 0.6) is 11.5 Å². The number of fused-ring (bicyclic) bond motifs is 1. The normalized spacial score (nSPS) is 13.3. The first kappa shape index (κ1) is 18.2. The van der Waals surface area contributed by atoms with Crippen LogP contribution < -0.4 is 19.5 Å². The van der Waals surface area contributed by atoms with E-state index in [0.29, 0.717) is 30.4 Å². The monoisotopic (exact) mass is 376 g/mol. The quantitative estimate of drug-likeness (QED) is 0.832. The summed E-state index contributed by atoms with van der Waals surface area (Å²) in [6.07, 6.45) is 0. The van der Waals surface area contributed by atoms with E-state index < -0.39 is 15.9 Å². The van der Waals surface area contributed by atoms with E-state index in [1.807, 2.05) is 32.0 Å². The molecule has 1 amide bonds.